The minimum atomic E-state index is -3.15. The zero-order valence-corrected chi connectivity index (χ0v) is 19.6. The Labute approximate surface area is 194 Å². The third-order valence-corrected chi connectivity index (χ3v) is 8.12. The van der Waals surface area contributed by atoms with Gasteiger partial charge >= 0.3 is 6.61 Å². The topological polar surface area (TPSA) is 9.23 Å². The SMILES string of the molecule is CCCCCCCC1CCC2CC(c3cc(F)c4c(F)c(OC(F)F)ccc4c3)CCC2C1. The van der Waals surface area contributed by atoms with Gasteiger partial charge in [0.1, 0.15) is 5.82 Å². The highest BCUT2D eigenvalue weighted by Crippen LogP contribution is 2.49. The van der Waals surface area contributed by atoms with E-state index in [1.54, 1.807) is 0 Å². The van der Waals surface area contributed by atoms with Crippen molar-refractivity contribution in [3.05, 3.63) is 41.5 Å². The van der Waals surface area contributed by atoms with E-state index in [0.717, 1.165) is 36.3 Å². The Morgan fingerprint density at radius 3 is 2.45 bits per heavy atom. The van der Waals surface area contributed by atoms with Crippen molar-refractivity contribution in [3.8, 4) is 5.75 Å². The van der Waals surface area contributed by atoms with Gasteiger partial charge in [-0.15, -0.1) is 0 Å². The third kappa shape index (κ3) is 5.84. The molecule has 0 amide bonds. The van der Waals surface area contributed by atoms with Gasteiger partial charge in [0.15, 0.2) is 11.6 Å². The first-order valence-corrected chi connectivity index (χ1v) is 12.8. The van der Waals surface area contributed by atoms with E-state index in [4.69, 9.17) is 0 Å². The second kappa shape index (κ2) is 11.1. The second-order valence-electron chi connectivity index (χ2n) is 10.3. The van der Waals surface area contributed by atoms with Gasteiger partial charge in [-0.25, -0.2) is 8.78 Å². The van der Waals surface area contributed by atoms with Crippen molar-refractivity contribution in [2.24, 2.45) is 17.8 Å². The summed E-state index contributed by atoms with van der Waals surface area (Å²) in [6.07, 6.45) is 15.3. The largest absolute Gasteiger partial charge is 0.432 e. The Balaban J connectivity index is 1.39. The Kier molecular flexibility index (Phi) is 8.19. The fourth-order valence-electron chi connectivity index (χ4n) is 6.39. The van der Waals surface area contributed by atoms with E-state index in [1.807, 2.05) is 6.07 Å². The molecule has 0 N–H and O–H groups in total. The summed E-state index contributed by atoms with van der Waals surface area (Å²) in [4.78, 5) is 0. The molecule has 0 aliphatic heterocycles. The highest BCUT2D eigenvalue weighted by atomic mass is 19.3. The lowest BCUT2D eigenvalue weighted by Crippen LogP contribution is -2.30. The minimum Gasteiger partial charge on any atom is -0.432 e. The van der Waals surface area contributed by atoms with Crippen molar-refractivity contribution in [2.75, 3.05) is 0 Å². The number of benzene rings is 2. The number of fused-ring (bicyclic) bond motifs is 2. The first-order valence-electron chi connectivity index (χ1n) is 12.8. The Bertz CT molecular complexity index is 928. The standard InChI is InChI=1S/C28H36F4O/c1-2-3-4-5-6-7-18-8-9-20-15-21(11-10-19(20)14-18)23-16-22-12-13-25(33-28(31)32)27(30)26(22)24(29)17-23/h12-13,16-21,28H,2-11,14-15H2,1H3. The molecule has 2 aromatic carbocycles. The summed E-state index contributed by atoms with van der Waals surface area (Å²) < 4.78 is 58.6. The van der Waals surface area contributed by atoms with Crippen LogP contribution in [-0.2, 0) is 0 Å². The Morgan fingerprint density at radius 2 is 1.67 bits per heavy atom. The van der Waals surface area contributed by atoms with E-state index in [2.05, 4.69) is 11.7 Å². The number of alkyl halides is 2. The average molecular weight is 465 g/mol. The summed E-state index contributed by atoms with van der Waals surface area (Å²) in [5.74, 6) is 0.241. The smallest absolute Gasteiger partial charge is 0.387 e. The molecule has 4 rings (SSSR count). The molecule has 1 nitrogen and oxygen atoms in total. The molecule has 33 heavy (non-hydrogen) atoms. The number of hydrogen-bond donors (Lipinski definition) is 0. The predicted molar refractivity (Wildman–Crippen MR) is 125 cm³/mol. The quantitative estimate of drug-likeness (QED) is 0.265. The maximum Gasteiger partial charge on any atom is 0.387 e. The lowest BCUT2D eigenvalue weighted by atomic mass is 9.63. The molecule has 2 fully saturated rings. The number of rotatable bonds is 9. The van der Waals surface area contributed by atoms with Crippen LogP contribution in [0.5, 0.6) is 5.75 Å². The summed E-state index contributed by atoms with van der Waals surface area (Å²) in [5.41, 5.74) is 0.901. The molecule has 0 aromatic heterocycles. The third-order valence-electron chi connectivity index (χ3n) is 8.12. The molecular formula is C28H36F4O. The van der Waals surface area contributed by atoms with Gasteiger partial charge < -0.3 is 4.74 Å². The number of unbranched alkanes of at least 4 members (excludes halogenated alkanes) is 4. The lowest BCUT2D eigenvalue weighted by Gasteiger charge is -2.42. The molecule has 0 saturated heterocycles. The predicted octanol–water partition coefficient (Wildman–Crippen LogP) is 9.38. The highest BCUT2D eigenvalue weighted by Gasteiger charge is 2.36. The molecule has 4 atom stereocenters. The highest BCUT2D eigenvalue weighted by molar-refractivity contribution is 5.86. The zero-order valence-electron chi connectivity index (χ0n) is 19.6. The second-order valence-corrected chi connectivity index (χ2v) is 10.3. The fraction of sp³-hybridized carbons (Fsp3) is 0.643. The van der Waals surface area contributed by atoms with Crippen molar-refractivity contribution >= 4 is 10.8 Å². The van der Waals surface area contributed by atoms with Gasteiger partial charge in [-0.2, -0.15) is 8.78 Å². The van der Waals surface area contributed by atoms with Gasteiger partial charge in [0.2, 0.25) is 0 Å². The number of hydrogen-bond acceptors (Lipinski definition) is 1. The normalized spacial score (nSPS) is 25.4. The summed E-state index contributed by atoms with van der Waals surface area (Å²) >= 11 is 0. The van der Waals surface area contributed by atoms with Gasteiger partial charge in [0.25, 0.3) is 0 Å². The zero-order chi connectivity index (χ0) is 23.4. The maximum absolute atomic E-state index is 14.9. The molecule has 2 saturated carbocycles. The van der Waals surface area contributed by atoms with Crippen molar-refractivity contribution < 1.29 is 22.3 Å². The van der Waals surface area contributed by atoms with Crippen LogP contribution in [0.2, 0.25) is 0 Å². The first-order chi connectivity index (χ1) is 16.0. The van der Waals surface area contributed by atoms with E-state index in [-0.39, 0.29) is 11.3 Å². The molecule has 5 heteroatoms. The van der Waals surface area contributed by atoms with Crippen LogP contribution < -0.4 is 4.74 Å². The number of ether oxygens (including phenoxy) is 1. The van der Waals surface area contributed by atoms with Crippen molar-refractivity contribution in [3.63, 3.8) is 0 Å². The minimum absolute atomic E-state index is 0.273. The van der Waals surface area contributed by atoms with E-state index < -0.39 is 24.0 Å². The molecule has 2 aromatic rings. The first kappa shape index (κ1) is 24.3. The molecule has 0 spiro atoms. The van der Waals surface area contributed by atoms with Crippen LogP contribution in [0, 0.1) is 29.4 Å². The van der Waals surface area contributed by atoms with Crippen LogP contribution >= 0.6 is 0 Å². The van der Waals surface area contributed by atoms with Crippen LogP contribution in [0.25, 0.3) is 10.8 Å². The van der Waals surface area contributed by atoms with Crippen LogP contribution in [0.1, 0.15) is 95.5 Å². The molecule has 4 unspecified atom stereocenters. The van der Waals surface area contributed by atoms with E-state index >= 15 is 0 Å². The van der Waals surface area contributed by atoms with E-state index in [1.165, 1.54) is 76.3 Å². The van der Waals surface area contributed by atoms with Crippen molar-refractivity contribution in [1.29, 1.82) is 0 Å². The van der Waals surface area contributed by atoms with Gasteiger partial charge in [-0.1, -0.05) is 64.0 Å². The van der Waals surface area contributed by atoms with Crippen LogP contribution in [0.3, 0.4) is 0 Å². The summed E-state index contributed by atoms with van der Waals surface area (Å²) in [7, 11) is 0. The summed E-state index contributed by atoms with van der Waals surface area (Å²) in [6.45, 7) is -0.894. The van der Waals surface area contributed by atoms with Crippen molar-refractivity contribution in [1.82, 2.24) is 0 Å². The Hall–Kier alpha value is -1.78. The van der Waals surface area contributed by atoms with E-state index in [9.17, 15) is 17.6 Å². The summed E-state index contributed by atoms with van der Waals surface area (Å²) in [6, 6.07) is 5.87. The van der Waals surface area contributed by atoms with Gasteiger partial charge in [0.05, 0.1) is 5.39 Å². The van der Waals surface area contributed by atoms with Gasteiger partial charge in [-0.3, -0.25) is 0 Å². The average Bonchev–Trinajstić information content (AvgIpc) is 2.80. The number of halogens is 4. The van der Waals surface area contributed by atoms with Crippen LogP contribution in [0.15, 0.2) is 24.3 Å². The van der Waals surface area contributed by atoms with Crippen LogP contribution in [-0.4, -0.2) is 6.61 Å². The lowest BCUT2D eigenvalue weighted by molar-refractivity contribution is -0.0520. The fourth-order valence-corrected chi connectivity index (χ4v) is 6.39. The molecular weight excluding hydrogens is 428 g/mol. The monoisotopic (exact) mass is 464 g/mol. The van der Waals surface area contributed by atoms with Gasteiger partial charge in [0, 0.05) is 0 Å². The molecule has 0 radical (unpaired) electrons. The molecule has 182 valence electrons. The molecule has 2 aliphatic carbocycles. The molecule has 0 bridgehead atoms. The summed E-state index contributed by atoms with van der Waals surface area (Å²) in [5, 5.41) is 0.128. The molecule has 2 aliphatic rings. The van der Waals surface area contributed by atoms with Crippen LogP contribution in [0.4, 0.5) is 17.6 Å². The van der Waals surface area contributed by atoms with Crippen molar-refractivity contribution in [2.45, 2.75) is 96.5 Å². The Morgan fingerprint density at radius 1 is 0.909 bits per heavy atom. The maximum atomic E-state index is 14.9. The van der Waals surface area contributed by atoms with Gasteiger partial charge in [-0.05, 0) is 78.9 Å². The van der Waals surface area contributed by atoms with E-state index in [0.29, 0.717) is 11.3 Å². The molecule has 0 heterocycles.